The van der Waals surface area contributed by atoms with Gasteiger partial charge in [-0.25, -0.2) is 8.78 Å². The molecule has 4 heteroatoms. The first-order valence-corrected chi connectivity index (χ1v) is 12.8. The maximum atomic E-state index is 15.2. The fourth-order valence-corrected chi connectivity index (χ4v) is 7.68. The molecule has 4 unspecified atom stereocenters. The van der Waals surface area contributed by atoms with Crippen molar-refractivity contribution >= 4 is 0 Å². The fourth-order valence-electron chi connectivity index (χ4n) is 7.68. The minimum Gasteiger partial charge on any atom is -0.412 e. The molecule has 0 aromatic rings. The third kappa shape index (κ3) is 5.77. The highest BCUT2D eigenvalue weighted by Gasteiger charge is 2.46. The summed E-state index contributed by atoms with van der Waals surface area (Å²) in [4.78, 5) is 0. The molecule has 4 aliphatic carbocycles. The Morgan fingerprint density at radius 2 is 0.700 bits per heavy atom. The second kappa shape index (κ2) is 11.6. The quantitative estimate of drug-likeness (QED) is 0.459. The molecule has 0 aromatic heterocycles. The van der Waals surface area contributed by atoms with Crippen LogP contribution in [0.1, 0.15) is 107 Å². The smallest absolute Gasteiger partial charge is 0.134 e. The van der Waals surface area contributed by atoms with Gasteiger partial charge in [0.15, 0.2) is 0 Å². The summed E-state index contributed by atoms with van der Waals surface area (Å²) in [5.74, 6) is 4.45. The zero-order chi connectivity index (χ0) is 19.7. The predicted octanol–water partition coefficient (Wildman–Crippen LogP) is 6.99. The Labute approximate surface area is 186 Å². The molecule has 0 aromatic carbocycles. The Hall–Kier alpha value is -0.220. The van der Waals surface area contributed by atoms with E-state index in [4.69, 9.17) is 0 Å². The Morgan fingerprint density at radius 3 is 1.07 bits per heavy atom. The molecule has 4 aliphatic rings. The van der Waals surface area contributed by atoms with Crippen LogP contribution >= 0.6 is 0 Å². The Morgan fingerprint density at radius 1 is 0.433 bits per heavy atom. The predicted molar refractivity (Wildman–Crippen MR) is 125 cm³/mol. The summed E-state index contributed by atoms with van der Waals surface area (Å²) in [5.41, 5.74) is 0. The first-order valence-electron chi connectivity index (χ1n) is 12.8. The molecule has 0 heterocycles. The average Bonchev–Trinajstić information content (AvgIpc) is 2.72. The highest BCUT2D eigenvalue weighted by molar-refractivity contribution is 4.95. The second-order valence-electron chi connectivity index (χ2n) is 11.5. The molecule has 4 N–H and O–H groups in total. The zero-order valence-corrected chi connectivity index (χ0v) is 19.4. The van der Waals surface area contributed by atoms with Crippen LogP contribution in [0.3, 0.4) is 0 Å². The normalized spacial score (nSPS) is 47.6. The fraction of sp³-hybridized carbons (Fsp3) is 1.00. The molecule has 4 atom stereocenters. The van der Waals surface area contributed by atoms with Gasteiger partial charge in [0.2, 0.25) is 0 Å². The van der Waals surface area contributed by atoms with Gasteiger partial charge in [0, 0.05) is 2.85 Å². The number of alkyl halides is 2. The van der Waals surface area contributed by atoms with Gasteiger partial charge in [-0.2, -0.15) is 0 Å². The van der Waals surface area contributed by atoms with E-state index in [1.165, 1.54) is 64.2 Å². The Bertz CT molecular complexity index is 488. The van der Waals surface area contributed by atoms with Crippen molar-refractivity contribution < 1.29 is 22.6 Å². The van der Waals surface area contributed by atoms with E-state index in [0.29, 0.717) is 11.8 Å². The molecule has 4 fully saturated rings. The van der Waals surface area contributed by atoms with Crippen LogP contribution in [-0.4, -0.2) is 23.3 Å². The topological polar surface area (TPSA) is 63.0 Å². The lowest BCUT2D eigenvalue weighted by Gasteiger charge is -2.45. The monoisotopic (exact) mass is 434 g/mol. The van der Waals surface area contributed by atoms with Crippen LogP contribution in [0.2, 0.25) is 0 Å². The van der Waals surface area contributed by atoms with Crippen LogP contribution < -0.4 is 0 Å². The minimum absolute atomic E-state index is 0. The molecule has 0 aliphatic heterocycles. The summed E-state index contributed by atoms with van der Waals surface area (Å²) in [6, 6.07) is 0. The van der Waals surface area contributed by atoms with Crippen LogP contribution in [0.15, 0.2) is 0 Å². The van der Waals surface area contributed by atoms with Crippen molar-refractivity contribution in [2.45, 2.75) is 116 Å². The van der Waals surface area contributed by atoms with Gasteiger partial charge in [-0.05, 0) is 112 Å². The molecule has 0 bridgehead atoms. The second-order valence-corrected chi connectivity index (χ2v) is 11.5. The number of halogens is 2. The van der Waals surface area contributed by atoms with E-state index in [0.717, 1.165) is 49.4 Å². The van der Waals surface area contributed by atoms with E-state index in [2.05, 4.69) is 13.8 Å². The highest BCUT2D eigenvalue weighted by atomic mass is 19.2. The lowest BCUT2D eigenvalue weighted by atomic mass is 9.62. The lowest BCUT2D eigenvalue weighted by Crippen LogP contribution is -2.45. The minimum atomic E-state index is -1.19. The zero-order valence-electron chi connectivity index (χ0n) is 19.4. The molecule has 4 rings (SSSR count). The lowest BCUT2D eigenvalue weighted by molar-refractivity contribution is -0.0383. The first-order chi connectivity index (χ1) is 13.5. The van der Waals surface area contributed by atoms with E-state index in [9.17, 15) is 0 Å². The van der Waals surface area contributed by atoms with Crippen LogP contribution in [0.25, 0.3) is 0 Å². The molecule has 4 saturated carbocycles. The van der Waals surface area contributed by atoms with Gasteiger partial charge >= 0.3 is 0 Å². The van der Waals surface area contributed by atoms with Crippen molar-refractivity contribution in [3.8, 4) is 0 Å². The van der Waals surface area contributed by atoms with Crippen LogP contribution in [-0.2, 0) is 0 Å². The van der Waals surface area contributed by atoms with Crippen molar-refractivity contribution in [2.75, 3.05) is 0 Å². The number of hydrogen-bond acceptors (Lipinski definition) is 0. The van der Waals surface area contributed by atoms with E-state index in [1.807, 2.05) is 0 Å². The van der Waals surface area contributed by atoms with Crippen molar-refractivity contribution in [1.82, 2.24) is 0 Å². The van der Waals surface area contributed by atoms with Gasteiger partial charge in [-0.1, -0.05) is 39.5 Å². The van der Waals surface area contributed by atoms with Crippen molar-refractivity contribution in [1.29, 1.82) is 0 Å². The van der Waals surface area contributed by atoms with Gasteiger partial charge in [-0.15, -0.1) is 0 Å². The third-order valence-corrected chi connectivity index (χ3v) is 9.77. The molecule has 0 amide bonds. The highest BCUT2D eigenvalue weighted by Crippen LogP contribution is 2.49. The molecular formula is C26H52F2O2. The van der Waals surface area contributed by atoms with Gasteiger partial charge < -0.3 is 11.0 Å². The van der Waals surface area contributed by atoms with Crippen molar-refractivity contribution in [2.24, 2.45) is 47.3 Å². The maximum Gasteiger partial charge on any atom is 0.134 e. The van der Waals surface area contributed by atoms with Crippen LogP contribution in [0, 0.1) is 47.3 Å². The van der Waals surface area contributed by atoms with E-state index >= 15 is 8.78 Å². The molecular weight excluding hydrogens is 382 g/mol. The first kappa shape index (κ1) is 26.0. The van der Waals surface area contributed by atoms with Gasteiger partial charge in [0.1, 0.15) is 12.3 Å². The molecule has 0 radical (unpaired) electrons. The number of hydrogen-bond donors (Lipinski definition) is 0. The number of rotatable bonds is 3. The molecule has 0 spiro atoms. The Balaban J connectivity index is 0.00000240. The largest absolute Gasteiger partial charge is 0.412 e. The van der Waals surface area contributed by atoms with Crippen molar-refractivity contribution in [3.63, 3.8) is 0 Å². The standard InChI is InChI=1S/C26H44F2.2H2O.2H2/c1-17-3-7-19(8-4-17)20-11-13-22(14-12-20)24-16-15-23(25(27)26(24)28)21-9-5-18(2)6-10-21;;;;/h17-26H,3-16H2,1-2H3;2*1H2;2*1H. The van der Waals surface area contributed by atoms with Gasteiger partial charge in [0.25, 0.3) is 0 Å². The van der Waals surface area contributed by atoms with Crippen LogP contribution in [0.4, 0.5) is 8.78 Å². The summed E-state index contributed by atoms with van der Waals surface area (Å²) in [6.45, 7) is 4.70. The third-order valence-electron chi connectivity index (χ3n) is 9.77. The summed E-state index contributed by atoms with van der Waals surface area (Å²) in [7, 11) is 0. The molecule has 2 nitrogen and oxygen atoms in total. The summed E-state index contributed by atoms with van der Waals surface area (Å²) >= 11 is 0. The maximum absolute atomic E-state index is 15.2. The summed E-state index contributed by atoms with van der Waals surface area (Å²) in [5, 5.41) is 0. The van der Waals surface area contributed by atoms with Gasteiger partial charge in [0.05, 0.1) is 0 Å². The summed E-state index contributed by atoms with van der Waals surface area (Å²) in [6.07, 6.45) is 14.8. The van der Waals surface area contributed by atoms with E-state index in [1.54, 1.807) is 0 Å². The van der Waals surface area contributed by atoms with E-state index in [-0.39, 0.29) is 25.6 Å². The van der Waals surface area contributed by atoms with Gasteiger partial charge in [-0.3, -0.25) is 0 Å². The SMILES string of the molecule is CC1CCC(C2CCC(C3CCC(C4CCC(C)CC4)C(F)C3F)CC2)CC1.O.O.[HH].[HH]. The van der Waals surface area contributed by atoms with E-state index < -0.39 is 12.3 Å². The van der Waals surface area contributed by atoms with Crippen LogP contribution in [0.5, 0.6) is 0 Å². The molecule has 30 heavy (non-hydrogen) atoms. The van der Waals surface area contributed by atoms with Crippen molar-refractivity contribution in [3.05, 3.63) is 0 Å². The molecule has 0 saturated heterocycles. The summed E-state index contributed by atoms with van der Waals surface area (Å²) < 4.78 is 30.4. The average molecular weight is 435 g/mol. The Kier molecular flexibility index (Phi) is 10.1. The molecule has 182 valence electrons.